The largest absolute Gasteiger partial charge is 0.481 e. The third kappa shape index (κ3) is 8.61. The molecule has 0 aliphatic carbocycles. The first kappa shape index (κ1) is 15.8. The summed E-state index contributed by atoms with van der Waals surface area (Å²) in [5, 5.41) is 17.3. The standard InChI is InChI=1S/C10H20N2O5/c11-3-1-7(5-9(13)14)17-8(2-4-12)6-10(15)16/h7-8H,1-6,11-12H2,(H,13,14)(H,15,16). The van der Waals surface area contributed by atoms with E-state index in [0.29, 0.717) is 25.9 Å². The summed E-state index contributed by atoms with van der Waals surface area (Å²) in [6.07, 6.45) is -0.725. The molecule has 0 rings (SSSR count). The predicted octanol–water partition coefficient (Wildman–Crippen LogP) is -0.613. The summed E-state index contributed by atoms with van der Waals surface area (Å²) < 4.78 is 5.43. The van der Waals surface area contributed by atoms with E-state index in [0.717, 1.165) is 0 Å². The normalized spacial score (nSPS) is 14.2. The first-order valence-electron chi connectivity index (χ1n) is 5.48. The maximum atomic E-state index is 10.6. The van der Waals surface area contributed by atoms with E-state index in [9.17, 15) is 9.59 Å². The van der Waals surface area contributed by atoms with Crippen LogP contribution in [0, 0.1) is 0 Å². The average molecular weight is 248 g/mol. The molecule has 0 aromatic heterocycles. The number of hydrogen-bond donors (Lipinski definition) is 4. The van der Waals surface area contributed by atoms with Crippen molar-refractivity contribution in [3.63, 3.8) is 0 Å². The van der Waals surface area contributed by atoms with Gasteiger partial charge in [-0.1, -0.05) is 0 Å². The topological polar surface area (TPSA) is 136 Å². The lowest BCUT2D eigenvalue weighted by atomic mass is 10.1. The van der Waals surface area contributed by atoms with Crippen LogP contribution in [0.5, 0.6) is 0 Å². The van der Waals surface area contributed by atoms with E-state index in [2.05, 4.69) is 0 Å². The Hall–Kier alpha value is -1.18. The van der Waals surface area contributed by atoms with Crippen LogP contribution < -0.4 is 11.5 Å². The van der Waals surface area contributed by atoms with Gasteiger partial charge in [0.15, 0.2) is 0 Å². The third-order valence-corrected chi connectivity index (χ3v) is 2.17. The van der Waals surface area contributed by atoms with Gasteiger partial charge in [-0.05, 0) is 25.9 Å². The van der Waals surface area contributed by atoms with Crippen molar-refractivity contribution in [2.45, 2.75) is 37.9 Å². The second-order valence-electron chi connectivity index (χ2n) is 3.73. The second kappa shape index (κ2) is 8.91. The summed E-state index contributed by atoms with van der Waals surface area (Å²) in [6.45, 7) is 0.584. The zero-order chi connectivity index (χ0) is 13.3. The predicted molar refractivity (Wildman–Crippen MR) is 60.5 cm³/mol. The third-order valence-electron chi connectivity index (χ3n) is 2.17. The van der Waals surface area contributed by atoms with Gasteiger partial charge in [-0.3, -0.25) is 9.59 Å². The van der Waals surface area contributed by atoms with Crippen LogP contribution >= 0.6 is 0 Å². The van der Waals surface area contributed by atoms with Gasteiger partial charge < -0.3 is 26.4 Å². The SMILES string of the molecule is NCCC(CC(=O)O)OC(CCN)CC(=O)O. The number of rotatable bonds is 10. The first-order chi connectivity index (χ1) is 7.99. The zero-order valence-corrected chi connectivity index (χ0v) is 9.67. The summed E-state index contributed by atoms with van der Waals surface area (Å²) in [4.78, 5) is 21.2. The highest BCUT2D eigenvalue weighted by Gasteiger charge is 2.20. The van der Waals surface area contributed by atoms with Crippen LogP contribution in [0.4, 0.5) is 0 Å². The van der Waals surface area contributed by atoms with E-state index in [1.54, 1.807) is 0 Å². The number of aliphatic carboxylic acids is 2. The molecule has 0 aliphatic heterocycles. The lowest BCUT2D eigenvalue weighted by Gasteiger charge is -2.22. The Labute approximate surface area is 99.7 Å². The molecule has 0 saturated heterocycles. The van der Waals surface area contributed by atoms with Crippen LogP contribution in [-0.2, 0) is 14.3 Å². The van der Waals surface area contributed by atoms with Gasteiger partial charge in [0.1, 0.15) is 0 Å². The Bertz CT molecular complexity index is 223. The van der Waals surface area contributed by atoms with Gasteiger partial charge in [-0.2, -0.15) is 0 Å². The fourth-order valence-electron chi connectivity index (χ4n) is 1.47. The minimum Gasteiger partial charge on any atom is -0.481 e. The average Bonchev–Trinajstić information content (AvgIpc) is 2.16. The molecule has 0 aromatic rings. The van der Waals surface area contributed by atoms with Crippen molar-refractivity contribution in [1.29, 1.82) is 0 Å². The molecule has 0 bridgehead atoms. The minimum absolute atomic E-state index is 0.183. The summed E-state index contributed by atoms with van der Waals surface area (Å²) in [6, 6.07) is 0. The molecular weight excluding hydrogens is 228 g/mol. The van der Waals surface area contributed by atoms with Crippen molar-refractivity contribution < 1.29 is 24.5 Å². The number of carboxylic acids is 2. The van der Waals surface area contributed by atoms with Crippen molar-refractivity contribution in [2.75, 3.05) is 13.1 Å². The molecule has 0 amide bonds. The quantitative estimate of drug-likeness (QED) is 0.404. The van der Waals surface area contributed by atoms with Crippen LogP contribution in [0.3, 0.4) is 0 Å². The van der Waals surface area contributed by atoms with Crippen molar-refractivity contribution in [3.8, 4) is 0 Å². The summed E-state index contributed by atoms with van der Waals surface area (Å²) in [5.74, 6) is -1.99. The lowest BCUT2D eigenvalue weighted by molar-refractivity contribution is -0.144. The van der Waals surface area contributed by atoms with Crippen molar-refractivity contribution >= 4 is 11.9 Å². The zero-order valence-electron chi connectivity index (χ0n) is 9.67. The highest BCUT2D eigenvalue weighted by molar-refractivity contribution is 5.68. The van der Waals surface area contributed by atoms with Crippen LogP contribution in [0.25, 0.3) is 0 Å². The molecule has 7 heteroatoms. The van der Waals surface area contributed by atoms with E-state index in [1.165, 1.54) is 0 Å². The van der Waals surface area contributed by atoms with Crippen LogP contribution in [0.2, 0.25) is 0 Å². The highest BCUT2D eigenvalue weighted by Crippen LogP contribution is 2.12. The molecule has 0 spiro atoms. The molecular formula is C10H20N2O5. The number of nitrogens with two attached hydrogens (primary N) is 2. The molecule has 0 fully saturated rings. The maximum Gasteiger partial charge on any atom is 0.305 e. The summed E-state index contributed by atoms with van der Waals surface area (Å²) in [5.41, 5.74) is 10.7. The molecule has 17 heavy (non-hydrogen) atoms. The highest BCUT2D eigenvalue weighted by atomic mass is 16.5. The molecule has 0 heterocycles. The molecule has 0 radical (unpaired) electrons. The monoisotopic (exact) mass is 248 g/mol. The Kier molecular flexibility index (Phi) is 8.29. The Morgan fingerprint density at radius 1 is 0.941 bits per heavy atom. The first-order valence-corrected chi connectivity index (χ1v) is 5.48. The number of ether oxygens (including phenoxy) is 1. The van der Waals surface area contributed by atoms with Crippen molar-refractivity contribution in [2.24, 2.45) is 11.5 Å². The number of hydrogen-bond acceptors (Lipinski definition) is 5. The Morgan fingerprint density at radius 3 is 1.53 bits per heavy atom. The van der Waals surface area contributed by atoms with E-state index in [-0.39, 0.29) is 12.8 Å². The molecule has 2 unspecified atom stereocenters. The fraction of sp³-hybridized carbons (Fsp3) is 0.800. The second-order valence-corrected chi connectivity index (χ2v) is 3.73. The van der Waals surface area contributed by atoms with Gasteiger partial charge >= 0.3 is 11.9 Å². The molecule has 100 valence electrons. The van der Waals surface area contributed by atoms with Gasteiger partial charge in [-0.25, -0.2) is 0 Å². The molecule has 6 N–H and O–H groups in total. The Morgan fingerprint density at radius 2 is 1.29 bits per heavy atom. The number of carbonyl (C=O) groups is 2. The van der Waals surface area contributed by atoms with E-state index in [4.69, 9.17) is 26.4 Å². The molecule has 0 aromatic carbocycles. The molecule has 0 saturated carbocycles. The molecule has 2 atom stereocenters. The van der Waals surface area contributed by atoms with Gasteiger partial charge in [0.25, 0.3) is 0 Å². The maximum absolute atomic E-state index is 10.6. The summed E-state index contributed by atoms with van der Waals surface area (Å²) in [7, 11) is 0. The van der Waals surface area contributed by atoms with Crippen LogP contribution in [-0.4, -0.2) is 47.4 Å². The van der Waals surface area contributed by atoms with Crippen molar-refractivity contribution in [3.05, 3.63) is 0 Å². The van der Waals surface area contributed by atoms with Gasteiger partial charge in [0, 0.05) is 0 Å². The van der Waals surface area contributed by atoms with E-state index in [1.807, 2.05) is 0 Å². The molecule has 7 nitrogen and oxygen atoms in total. The number of carboxylic acid groups (broad SMARTS) is 2. The smallest absolute Gasteiger partial charge is 0.305 e. The molecule has 0 aliphatic rings. The minimum atomic E-state index is -0.995. The van der Waals surface area contributed by atoms with Gasteiger partial charge in [0.2, 0.25) is 0 Å². The lowest BCUT2D eigenvalue weighted by Crippen LogP contribution is -2.30. The van der Waals surface area contributed by atoms with Crippen LogP contribution in [0.1, 0.15) is 25.7 Å². The van der Waals surface area contributed by atoms with E-state index >= 15 is 0 Å². The summed E-state index contributed by atoms with van der Waals surface area (Å²) >= 11 is 0. The van der Waals surface area contributed by atoms with Crippen molar-refractivity contribution in [1.82, 2.24) is 0 Å². The van der Waals surface area contributed by atoms with Crippen LogP contribution in [0.15, 0.2) is 0 Å². The van der Waals surface area contributed by atoms with Gasteiger partial charge in [0.05, 0.1) is 25.0 Å². The Balaban J connectivity index is 4.31. The van der Waals surface area contributed by atoms with Gasteiger partial charge in [-0.15, -0.1) is 0 Å². The fourth-order valence-corrected chi connectivity index (χ4v) is 1.47. The van der Waals surface area contributed by atoms with E-state index < -0.39 is 24.1 Å².